The molecular weight excluding hydrogens is 320 g/mol. The van der Waals surface area contributed by atoms with Crippen LogP contribution in [-0.4, -0.2) is 5.91 Å². The van der Waals surface area contributed by atoms with Gasteiger partial charge in [-0.15, -0.1) is 0 Å². The van der Waals surface area contributed by atoms with Crippen molar-refractivity contribution in [3.05, 3.63) is 58.1 Å². The number of primary amides is 1. The van der Waals surface area contributed by atoms with Crippen LogP contribution in [0.2, 0.25) is 0 Å². The van der Waals surface area contributed by atoms with Crippen molar-refractivity contribution in [1.82, 2.24) is 0 Å². The van der Waals surface area contributed by atoms with Crippen LogP contribution in [0.25, 0.3) is 0 Å². The molecule has 0 heterocycles. The van der Waals surface area contributed by atoms with Gasteiger partial charge in [0.25, 0.3) is 5.91 Å². The monoisotopic (exact) mass is 334 g/mol. The highest BCUT2D eigenvalue weighted by Gasteiger charge is 2.11. The Kier molecular flexibility index (Phi) is 4.42. The summed E-state index contributed by atoms with van der Waals surface area (Å²) in [5.41, 5.74) is 12.5. The van der Waals surface area contributed by atoms with Crippen molar-refractivity contribution in [3.8, 4) is 11.5 Å². The van der Waals surface area contributed by atoms with Gasteiger partial charge in [-0.1, -0.05) is 18.2 Å². The number of nitrogens with two attached hydrogens (primary N) is 2. The van der Waals surface area contributed by atoms with Gasteiger partial charge in [0, 0.05) is 6.04 Å². The maximum atomic E-state index is 11.4. The number of ether oxygens (including phenoxy) is 1. The molecule has 20 heavy (non-hydrogen) atoms. The fourth-order valence-corrected chi connectivity index (χ4v) is 2.24. The van der Waals surface area contributed by atoms with Gasteiger partial charge in [-0.3, -0.25) is 4.79 Å². The summed E-state index contributed by atoms with van der Waals surface area (Å²) in [5.74, 6) is 0.501. The molecule has 0 saturated carbocycles. The SMILES string of the molecule is C[C@@H](N)c1ccc(Oc2ccccc2C(N)=O)c(Br)c1. The predicted molar refractivity (Wildman–Crippen MR) is 81.8 cm³/mol. The van der Waals surface area contributed by atoms with Gasteiger partial charge in [-0.05, 0) is 52.7 Å². The van der Waals surface area contributed by atoms with Crippen LogP contribution in [0.1, 0.15) is 28.9 Å². The highest BCUT2D eigenvalue weighted by molar-refractivity contribution is 9.10. The first-order valence-corrected chi connectivity index (χ1v) is 6.90. The Hall–Kier alpha value is -1.85. The lowest BCUT2D eigenvalue weighted by Gasteiger charge is -2.12. The van der Waals surface area contributed by atoms with Gasteiger partial charge in [0.05, 0.1) is 10.0 Å². The lowest BCUT2D eigenvalue weighted by Crippen LogP contribution is -2.12. The number of halogens is 1. The second kappa shape index (κ2) is 6.07. The molecular formula is C15H15BrN2O2. The molecule has 2 aromatic rings. The lowest BCUT2D eigenvalue weighted by atomic mass is 10.1. The third-order valence-electron chi connectivity index (χ3n) is 2.85. The van der Waals surface area contributed by atoms with Crippen molar-refractivity contribution in [1.29, 1.82) is 0 Å². The van der Waals surface area contributed by atoms with E-state index in [2.05, 4.69) is 15.9 Å². The lowest BCUT2D eigenvalue weighted by molar-refractivity contribution is 0.0998. The molecule has 1 amide bonds. The maximum Gasteiger partial charge on any atom is 0.252 e. The molecule has 4 nitrogen and oxygen atoms in total. The van der Waals surface area contributed by atoms with E-state index < -0.39 is 5.91 Å². The van der Waals surface area contributed by atoms with Crippen molar-refractivity contribution >= 4 is 21.8 Å². The fourth-order valence-electron chi connectivity index (χ4n) is 1.76. The van der Waals surface area contributed by atoms with Crippen molar-refractivity contribution in [3.63, 3.8) is 0 Å². The van der Waals surface area contributed by atoms with Crippen molar-refractivity contribution in [2.45, 2.75) is 13.0 Å². The van der Waals surface area contributed by atoms with Crippen LogP contribution < -0.4 is 16.2 Å². The van der Waals surface area contributed by atoms with Crippen LogP contribution in [0.3, 0.4) is 0 Å². The zero-order valence-electron chi connectivity index (χ0n) is 11.0. The van der Waals surface area contributed by atoms with Gasteiger partial charge < -0.3 is 16.2 Å². The highest BCUT2D eigenvalue weighted by atomic mass is 79.9. The molecule has 0 fully saturated rings. The molecule has 0 aliphatic carbocycles. The van der Waals surface area contributed by atoms with Crippen molar-refractivity contribution in [2.75, 3.05) is 0 Å². The summed E-state index contributed by atoms with van der Waals surface area (Å²) in [6.45, 7) is 1.91. The minimum Gasteiger partial charge on any atom is -0.455 e. The first kappa shape index (κ1) is 14.6. The van der Waals surface area contributed by atoms with E-state index in [1.54, 1.807) is 30.3 Å². The van der Waals surface area contributed by atoms with E-state index in [0.717, 1.165) is 10.0 Å². The van der Waals surface area contributed by atoms with Gasteiger partial charge in [0.2, 0.25) is 0 Å². The fraction of sp³-hybridized carbons (Fsp3) is 0.133. The van der Waals surface area contributed by atoms with Crippen molar-refractivity contribution < 1.29 is 9.53 Å². The summed E-state index contributed by atoms with van der Waals surface area (Å²) in [5, 5.41) is 0. The van der Waals surface area contributed by atoms with Crippen LogP contribution >= 0.6 is 15.9 Å². The number of para-hydroxylation sites is 1. The molecule has 2 rings (SSSR count). The minimum absolute atomic E-state index is 0.0572. The van der Waals surface area contributed by atoms with E-state index in [9.17, 15) is 4.79 Å². The van der Waals surface area contributed by atoms with E-state index >= 15 is 0 Å². The van der Waals surface area contributed by atoms with Gasteiger partial charge >= 0.3 is 0 Å². The summed E-state index contributed by atoms with van der Waals surface area (Å²) in [7, 11) is 0. The Morgan fingerprint density at radius 2 is 1.90 bits per heavy atom. The summed E-state index contributed by atoms with van der Waals surface area (Å²) in [6, 6.07) is 12.4. The summed E-state index contributed by atoms with van der Waals surface area (Å²) >= 11 is 3.44. The average molecular weight is 335 g/mol. The number of hydrogen-bond acceptors (Lipinski definition) is 3. The highest BCUT2D eigenvalue weighted by Crippen LogP contribution is 2.33. The molecule has 0 bridgehead atoms. The molecule has 4 N–H and O–H groups in total. The molecule has 0 aliphatic heterocycles. The van der Waals surface area contributed by atoms with Gasteiger partial charge in [0.15, 0.2) is 0 Å². The molecule has 0 aliphatic rings. The molecule has 104 valence electrons. The number of carbonyl (C=O) groups excluding carboxylic acids is 1. The quantitative estimate of drug-likeness (QED) is 0.899. The Morgan fingerprint density at radius 1 is 1.20 bits per heavy atom. The summed E-state index contributed by atoms with van der Waals surface area (Å²) < 4.78 is 6.52. The second-order valence-corrected chi connectivity index (χ2v) is 5.30. The average Bonchev–Trinajstić information content (AvgIpc) is 2.41. The van der Waals surface area contributed by atoms with Gasteiger partial charge in [-0.2, -0.15) is 0 Å². The molecule has 1 atom stereocenters. The molecule has 0 unspecified atom stereocenters. The Bertz CT molecular complexity index is 642. The number of hydrogen-bond donors (Lipinski definition) is 2. The van der Waals surface area contributed by atoms with Crippen LogP contribution in [-0.2, 0) is 0 Å². The smallest absolute Gasteiger partial charge is 0.252 e. The summed E-state index contributed by atoms with van der Waals surface area (Å²) in [4.78, 5) is 11.4. The molecule has 0 spiro atoms. The normalized spacial score (nSPS) is 11.9. The van der Waals surface area contributed by atoms with E-state index in [1.807, 2.05) is 19.1 Å². The Labute approximate surface area is 125 Å². The number of benzene rings is 2. The molecule has 0 radical (unpaired) electrons. The minimum atomic E-state index is -0.524. The third kappa shape index (κ3) is 3.18. The first-order valence-electron chi connectivity index (χ1n) is 6.10. The zero-order valence-corrected chi connectivity index (χ0v) is 12.6. The number of carbonyl (C=O) groups is 1. The van der Waals surface area contributed by atoms with E-state index in [1.165, 1.54) is 0 Å². The maximum absolute atomic E-state index is 11.4. The van der Waals surface area contributed by atoms with Crippen LogP contribution in [0.4, 0.5) is 0 Å². The molecule has 0 saturated heterocycles. The van der Waals surface area contributed by atoms with Gasteiger partial charge in [0.1, 0.15) is 11.5 Å². The third-order valence-corrected chi connectivity index (χ3v) is 3.47. The van der Waals surface area contributed by atoms with E-state index in [0.29, 0.717) is 17.1 Å². The largest absolute Gasteiger partial charge is 0.455 e. The Morgan fingerprint density at radius 3 is 2.50 bits per heavy atom. The topological polar surface area (TPSA) is 78.3 Å². The number of amides is 1. The van der Waals surface area contributed by atoms with Crippen molar-refractivity contribution in [2.24, 2.45) is 11.5 Å². The molecule has 5 heteroatoms. The standard InChI is InChI=1S/C15H15BrN2O2/c1-9(17)10-6-7-14(12(16)8-10)20-13-5-3-2-4-11(13)15(18)19/h2-9H,17H2,1H3,(H2,18,19)/t9-/m1/s1. The van der Waals surface area contributed by atoms with Crippen LogP contribution in [0.15, 0.2) is 46.9 Å². The zero-order chi connectivity index (χ0) is 14.7. The van der Waals surface area contributed by atoms with Crippen LogP contribution in [0, 0.1) is 0 Å². The molecule has 0 aromatic heterocycles. The number of rotatable bonds is 4. The Balaban J connectivity index is 2.33. The van der Waals surface area contributed by atoms with Gasteiger partial charge in [-0.25, -0.2) is 0 Å². The first-order chi connectivity index (χ1) is 9.49. The van der Waals surface area contributed by atoms with E-state index in [-0.39, 0.29) is 6.04 Å². The molecule has 2 aromatic carbocycles. The predicted octanol–water partition coefficient (Wildman–Crippen LogP) is 3.36. The van der Waals surface area contributed by atoms with Crippen LogP contribution in [0.5, 0.6) is 11.5 Å². The van der Waals surface area contributed by atoms with E-state index in [4.69, 9.17) is 16.2 Å². The second-order valence-electron chi connectivity index (χ2n) is 4.44. The summed E-state index contributed by atoms with van der Waals surface area (Å²) in [6.07, 6.45) is 0.